The van der Waals surface area contributed by atoms with Crippen molar-refractivity contribution in [1.29, 1.82) is 0 Å². The predicted octanol–water partition coefficient (Wildman–Crippen LogP) is 12.0. The minimum atomic E-state index is -4.40. The highest BCUT2D eigenvalue weighted by Gasteiger charge is 2.27. The summed E-state index contributed by atoms with van der Waals surface area (Å²) in [6.45, 7) is 4.14. The highest BCUT2D eigenvalue weighted by atomic mass is 31.2. The Bertz CT molecular complexity index is 1250. The van der Waals surface area contributed by atoms with Crippen LogP contribution in [0.4, 0.5) is 0 Å². The Hall–Kier alpha value is -2.59. The topological polar surface area (TPSA) is 129 Å². The van der Waals surface area contributed by atoms with Gasteiger partial charge in [-0.3, -0.25) is 18.6 Å². The summed E-state index contributed by atoms with van der Waals surface area (Å²) >= 11 is 0. The first kappa shape index (κ1) is 56.4. The van der Waals surface area contributed by atoms with E-state index in [1.54, 1.807) is 0 Å². The van der Waals surface area contributed by atoms with Gasteiger partial charge in [-0.15, -0.1) is 0 Å². The molecule has 0 fully saturated rings. The lowest BCUT2D eigenvalue weighted by Crippen LogP contribution is -2.37. The van der Waals surface area contributed by atoms with E-state index in [-0.39, 0.29) is 32.2 Å². The summed E-state index contributed by atoms with van der Waals surface area (Å²) in [4.78, 5) is 35.4. The number of phosphoric acid groups is 1. The molecule has 0 radical (unpaired) electrons. The van der Waals surface area contributed by atoms with Crippen LogP contribution in [0.25, 0.3) is 0 Å². The second kappa shape index (κ2) is 39.5. The number of unbranched alkanes of at least 4 members (excludes halogenated alkanes) is 12. The van der Waals surface area contributed by atoms with Gasteiger partial charge in [-0.2, -0.15) is 0 Å². The van der Waals surface area contributed by atoms with Crippen molar-refractivity contribution in [3.63, 3.8) is 0 Å². The molecule has 340 valence electrons. The molecule has 0 spiro atoms. The largest absolute Gasteiger partial charge is 0.472 e. The van der Waals surface area contributed by atoms with Crippen LogP contribution in [-0.2, 0) is 32.7 Å². The molecule has 0 saturated carbocycles. The standard InChI is InChI=1S/C48H84NO9P/c1-6-8-10-11-12-13-14-15-16-17-18-19-24-27-30-33-36-40-48(52)58-46(44-57-59(53,54)56-42-41-49(3,4)5)43-55-47(51)39-35-32-29-26-23-21-20-22-25-28-31-34-38-45(50)37-9-7-2/h12-13,15-16,20-21,25-26,28-29,34,38,45-46,50H,6-11,14,17-19,22-24,27,30-33,35-37,39-44H2,1-5H3/p+1/b13-12-,16-15-,21-20-,28-25-,29-26-,38-34-/t45-,46+/m0/s1. The van der Waals surface area contributed by atoms with E-state index in [0.717, 1.165) is 70.6 Å². The molecule has 0 aliphatic carbocycles. The van der Waals surface area contributed by atoms with Crippen LogP contribution in [0.15, 0.2) is 72.9 Å². The molecule has 0 saturated heterocycles. The number of allylic oxidation sites excluding steroid dienone is 11. The smallest absolute Gasteiger partial charge is 0.462 e. The molecular formula is C48H85NO9P+. The van der Waals surface area contributed by atoms with Crippen molar-refractivity contribution in [2.24, 2.45) is 0 Å². The van der Waals surface area contributed by atoms with Crippen molar-refractivity contribution in [2.45, 2.75) is 174 Å². The second-order valence-electron chi connectivity index (χ2n) is 16.2. The van der Waals surface area contributed by atoms with Crippen LogP contribution in [0.1, 0.15) is 162 Å². The average Bonchev–Trinajstić information content (AvgIpc) is 3.18. The number of esters is 2. The van der Waals surface area contributed by atoms with Crippen molar-refractivity contribution in [3.8, 4) is 0 Å². The number of aliphatic hydroxyl groups excluding tert-OH is 1. The SMILES string of the molecule is CCCCC/C=C\C/C=C\CCCCCCCCCC(=O)O[C@H](COC(=O)CCC/C=C\C/C=C\C/C=C\C/C=C\[C@@H](O)CCCC)COP(=O)(O)OCC[N+](C)(C)C. The van der Waals surface area contributed by atoms with Gasteiger partial charge in [-0.25, -0.2) is 4.57 Å². The minimum Gasteiger partial charge on any atom is -0.462 e. The molecule has 0 rings (SSSR count). The summed E-state index contributed by atoms with van der Waals surface area (Å²) in [5.74, 6) is -0.901. The summed E-state index contributed by atoms with van der Waals surface area (Å²) in [7, 11) is 1.41. The quantitative estimate of drug-likeness (QED) is 0.0203. The molecule has 0 heterocycles. The van der Waals surface area contributed by atoms with Gasteiger partial charge in [-0.05, 0) is 77.0 Å². The first-order chi connectivity index (χ1) is 28.4. The maximum Gasteiger partial charge on any atom is 0.472 e. The summed E-state index contributed by atoms with van der Waals surface area (Å²) in [6.07, 6.45) is 45.7. The van der Waals surface area contributed by atoms with E-state index < -0.39 is 32.5 Å². The Morgan fingerprint density at radius 2 is 1.08 bits per heavy atom. The number of carbonyl (C=O) groups is 2. The molecule has 3 atom stereocenters. The molecule has 0 bridgehead atoms. The zero-order valence-electron chi connectivity index (χ0n) is 37.8. The van der Waals surface area contributed by atoms with Crippen molar-refractivity contribution >= 4 is 19.8 Å². The fraction of sp³-hybridized carbons (Fsp3) is 0.708. The molecule has 0 amide bonds. The number of hydrogen-bond donors (Lipinski definition) is 2. The normalized spacial score (nSPS) is 14.8. The van der Waals surface area contributed by atoms with E-state index in [9.17, 15) is 24.2 Å². The molecule has 0 aliphatic rings. The Morgan fingerprint density at radius 3 is 1.66 bits per heavy atom. The minimum absolute atomic E-state index is 0.0113. The Labute approximate surface area is 360 Å². The van der Waals surface area contributed by atoms with Gasteiger partial charge in [0, 0.05) is 12.8 Å². The van der Waals surface area contributed by atoms with Gasteiger partial charge < -0.3 is 24.0 Å². The van der Waals surface area contributed by atoms with Crippen molar-refractivity contribution in [2.75, 3.05) is 47.5 Å². The lowest BCUT2D eigenvalue weighted by atomic mass is 10.1. The molecule has 0 aromatic carbocycles. The predicted molar refractivity (Wildman–Crippen MR) is 244 cm³/mol. The van der Waals surface area contributed by atoms with Gasteiger partial charge in [0.1, 0.15) is 19.8 Å². The lowest BCUT2D eigenvalue weighted by Gasteiger charge is -2.24. The fourth-order valence-corrected chi connectivity index (χ4v) is 6.38. The van der Waals surface area contributed by atoms with Gasteiger partial charge >= 0.3 is 19.8 Å². The van der Waals surface area contributed by atoms with Crippen LogP contribution >= 0.6 is 7.82 Å². The Balaban J connectivity index is 4.48. The highest BCUT2D eigenvalue weighted by Crippen LogP contribution is 2.43. The maximum atomic E-state index is 12.7. The second-order valence-corrected chi connectivity index (χ2v) is 17.7. The first-order valence-electron chi connectivity index (χ1n) is 22.8. The molecule has 0 aliphatic heterocycles. The third-order valence-corrected chi connectivity index (χ3v) is 10.3. The summed E-state index contributed by atoms with van der Waals surface area (Å²) in [5, 5.41) is 9.82. The number of phosphoric ester groups is 1. The van der Waals surface area contributed by atoms with Crippen molar-refractivity contribution < 1.29 is 47.2 Å². The van der Waals surface area contributed by atoms with Crippen LogP contribution in [0, 0.1) is 0 Å². The van der Waals surface area contributed by atoms with Gasteiger partial charge in [0.2, 0.25) is 0 Å². The molecule has 1 unspecified atom stereocenters. The van der Waals surface area contributed by atoms with Gasteiger partial charge in [0.15, 0.2) is 6.10 Å². The number of quaternary nitrogens is 1. The van der Waals surface area contributed by atoms with E-state index in [0.29, 0.717) is 30.3 Å². The summed E-state index contributed by atoms with van der Waals surface area (Å²) in [5.41, 5.74) is 0. The maximum absolute atomic E-state index is 12.7. The van der Waals surface area contributed by atoms with Crippen LogP contribution in [0.5, 0.6) is 0 Å². The first-order valence-corrected chi connectivity index (χ1v) is 24.2. The third kappa shape index (κ3) is 43.3. The Kier molecular flexibility index (Phi) is 37.8. The lowest BCUT2D eigenvalue weighted by molar-refractivity contribution is -0.870. The van der Waals surface area contributed by atoms with Gasteiger partial charge in [0.25, 0.3) is 0 Å². The van der Waals surface area contributed by atoms with E-state index >= 15 is 0 Å². The van der Waals surface area contributed by atoms with Crippen molar-refractivity contribution in [3.05, 3.63) is 72.9 Å². The van der Waals surface area contributed by atoms with E-state index in [1.807, 2.05) is 39.4 Å². The van der Waals surface area contributed by atoms with Crippen molar-refractivity contribution in [1.82, 2.24) is 0 Å². The zero-order valence-corrected chi connectivity index (χ0v) is 38.7. The zero-order chi connectivity index (χ0) is 43.7. The number of carbonyl (C=O) groups excluding carboxylic acids is 2. The summed E-state index contributed by atoms with van der Waals surface area (Å²) in [6, 6.07) is 0. The molecule has 0 aromatic rings. The molecule has 10 nitrogen and oxygen atoms in total. The van der Waals surface area contributed by atoms with Crippen LogP contribution in [-0.4, -0.2) is 86.1 Å². The van der Waals surface area contributed by atoms with E-state index in [4.69, 9.17) is 18.5 Å². The number of likely N-dealkylation sites (N-methyl/N-ethyl adjacent to an activating group) is 1. The number of nitrogens with zero attached hydrogens (tertiary/aromatic N) is 1. The van der Waals surface area contributed by atoms with Gasteiger partial charge in [0.05, 0.1) is 33.9 Å². The molecule has 59 heavy (non-hydrogen) atoms. The average molecular weight is 851 g/mol. The monoisotopic (exact) mass is 851 g/mol. The molecular weight excluding hydrogens is 766 g/mol. The number of rotatable bonds is 40. The van der Waals surface area contributed by atoms with Crippen LogP contribution in [0.2, 0.25) is 0 Å². The van der Waals surface area contributed by atoms with Crippen LogP contribution < -0.4 is 0 Å². The Morgan fingerprint density at radius 1 is 0.593 bits per heavy atom. The van der Waals surface area contributed by atoms with E-state index in [1.165, 1.54) is 44.9 Å². The fourth-order valence-electron chi connectivity index (χ4n) is 5.64. The number of aliphatic hydroxyl groups is 1. The summed E-state index contributed by atoms with van der Waals surface area (Å²) < 4.78 is 34.2. The number of hydrogen-bond acceptors (Lipinski definition) is 8. The third-order valence-electron chi connectivity index (χ3n) is 9.28. The van der Waals surface area contributed by atoms with E-state index in [2.05, 4.69) is 68.5 Å². The van der Waals surface area contributed by atoms with Gasteiger partial charge in [-0.1, -0.05) is 145 Å². The number of ether oxygens (including phenoxy) is 2. The molecule has 2 N–H and O–H groups in total. The molecule has 0 aromatic heterocycles. The molecule has 11 heteroatoms. The highest BCUT2D eigenvalue weighted by molar-refractivity contribution is 7.47. The van der Waals surface area contributed by atoms with Crippen LogP contribution in [0.3, 0.4) is 0 Å².